The van der Waals surface area contributed by atoms with Crippen molar-refractivity contribution in [2.75, 3.05) is 6.61 Å². The van der Waals surface area contributed by atoms with E-state index in [4.69, 9.17) is 16.3 Å². The summed E-state index contributed by atoms with van der Waals surface area (Å²) in [7, 11) is 0. The minimum Gasteiger partial charge on any atom is -0.494 e. The SMILES string of the molecule is CCOc1ccc2c(ccn2Cc2cc(Cl)ccc2F)c1. The van der Waals surface area contributed by atoms with Crippen LogP contribution in [0.1, 0.15) is 12.5 Å². The molecule has 1 aromatic heterocycles. The first-order chi connectivity index (χ1) is 10.2. The molecule has 0 aliphatic rings. The highest BCUT2D eigenvalue weighted by Crippen LogP contribution is 2.24. The molecule has 0 aliphatic carbocycles. The maximum atomic E-state index is 13.8. The summed E-state index contributed by atoms with van der Waals surface area (Å²) in [5.41, 5.74) is 1.62. The average Bonchev–Trinajstić information content (AvgIpc) is 2.86. The summed E-state index contributed by atoms with van der Waals surface area (Å²) in [6.45, 7) is 3.04. The molecule has 0 atom stereocenters. The maximum Gasteiger partial charge on any atom is 0.128 e. The Morgan fingerprint density at radius 2 is 2.00 bits per heavy atom. The maximum absolute atomic E-state index is 13.8. The van der Waals surface area contributed by atoms with Crippen LogP contribution in [0.15, 0.2) is 48.7 Å². The van der Waals surface area contributed by atoms with E-state index in [1.165, 1.54) is 6.07 Å². The second kappa shape index (κ2) is 5.78. The van der Waals surface area contributed by atoms with Gasteiger partial charge in [-0.2, -0.15) is 0 Å². The van der Waals surface area contributed by atoms with Gasteiger partial charge in [0, 0.05) is 27.7 Å². The van der Waals surface area contributed by atoms with Crippen molar-refractivity contribution >= 4 is 22.5 Å². The molecule has 3 aromatic rings. The Labute approximate surface area is 127 Å². The number of rotatable bonds is 4. The summed E-state index contributed by atoms with van der Waals surface area (Å²) < 4.78 is 21.3. The predicted octanol–water partition coefficient (Wildman–Crippen LogP) is 4.88. The molecule has 0 radical (unpaired) electrons. The summed E-state index contributed by atoms with van der Waals surface area (Å²) >= 11 is 5.94. The van der Waals surface area contributed by atoms with Crippen molar-refractivity contribution in [3.05, 3.63) is 65.1 Å². The molecular weight excluding hydrogens is 289 g/mol. The normalized spacial score (nSPS) is 11.0. The van der Waals surface area contributed by atoms with Gasteiger partial charge in [-0.3, -0.25) is 0 Å². The van der Waals surface area contributed by atoms with E-state index in [9.17, 15) is 4.39 Å². The van der Waals surface area contributed by atoms with Gasteiger partial charge in [-0.15, -0.1) is 0 Å². The van der Waals surface area contributed by atoms with Crippen molar-refractivity contribution in [3.8, 4) is 5.75 Å². The van der Waals surface area contributed by atoms with Crippen molar-refractivity contribution in [2.24, 2.45) is 0 Å². The fraction of sp³-hybridized carbons (Fsp3) is 0.176. The topological polar surface area (TPSA) is 14.2 Å². The fourth-order valence-electron chi connectivity index (χ4n) is 2.42. The second-order valence-corrected chi connectivity index (χ2v) is 5.27. The van der Waals surface area contributed by atoms with Crippen molar-refractivity contribution < 1.29 is 9.13 Å². The van der Waals surface area contributed by atoms with Gasteiger partial charge in [-0.05, 0) is 49.4 Å². The lowest BCUT2D eigenvalue weighted by molar-refractivity contribution is 0.340. The van der Waals surface area contributed by atoms with Crippen LogP contribution in [-0.2, 0) is 6.54 Å². The molecule has 2 aromatic carbocycles. The second-order valence-electron chi connectivity index (χ2n) is 4.83. The molecule has 0 fully saturated rings. The summed E-state index contributed by atoms with van der Waals surface area (Å²) in [5, 5.41) is 1.62. The van der Waals surface area contributed by atoms with Gasteiger partial charge in [-0.25, -0.2) is 4.39 Å². The van der Waals surface area contributed by atoms with Crippen LogP contribution in [0.2, 0.25) is 5.02 Å². The van der Waals surface area contributed by atoms with Crippen molar-refractivity contribution in [1.29, 1.82) is 0 Å². The van der Waals surface area contributed by atoms with Gasteiger partial charge in [0.15, 0.2) is 0 Å². The zero-order valence-corrected chi connectivity index (χ0v) is 12.4. The smallest absolute Gasteiger partial charge is 0.128 e. The molecule has 0 bridgehead atoms. The molecule has 21 heavy (non-hydrogen) atoms. The van der Waals surface area contributed by atoms with Crippen molar-refractivity contribution in [2.45, 2.75) is 13.5 Å². The molecule has 0 saturated heterocycles. The van der Waals surface area contributed by atoms with E-state index in [0.717, 1.165) is 16.7 Å². The molecule has 108 valence electrons. The molecule has 0 unspecified atom stereocenters. The van der Waals surface area contributed by atoms with E-state index >= 15 is 0 Å². The third-order valence-corrected chi connectivity index (χ3v) is 3.64. The first kappa shape index (κ1) is 14.0. The van der Waals surface area contributed by atoms with Gasteiger partial charge in [0.25, 0.3) is 0 Å². The number of hydrogen-bond donors (Lipinski definition) is 0. The van der Waals surface area contributed by atoms with E-state index in [2.05, 4.69) is 0 Å². The number of aromatic nitrogens is 1. The van der Waals surface area contributed by atoms with Crippen LogP contribution in [0.25, 0.3) is 10.9 Å². The highest BCUT2D eigenvalue weighted by atomic mass is 35.5. The van der Waals surface area contributed by atoms with E-state index in [1.807, 2.05) is 42.0 Å². The van der Waals surface area contributed by atoms with Crippen LogP contribution in [-0.4, -0.2) is 11.2 Å². The number of halogens is 2. The molecule has 0 spiro atoms. The zero-order chi connectivity index (χ0) is 14.8. The van der Waals surface area contributed by atoms with Gasteiger partial charge in [0.1, 0.15) is 11.6 Å². The number of ether oxygens (including phenoxy) is 1. The first-order valence-electron chi connectivity index (χ1n) is 6.83. The molecule has 0 N–H and O–H groups in total. The number of hydrogen-bond acceptors (Lipinski definition) is 1. The van der Waals surface area contributed by atoms with Crippen LogP contribution in [0.3, 0.4) is 0 Å². The van der Waals surface area contributed by atoms with Crippen LogP contribution in [0, 0.1) is 5.82 Å². The molecule has 3 rings (SSSR count). The third-order valence-electron chi connectivity index (χ3n) is 3.40. The van der Waals surface area contributed by atoms with Crippen molar-refractivity contribution in [1.82, 2.24) is 4.57 Å². The van der Waals surface area contributed by atoms with Crippen molar-refractivity contribution in [3.63, 3.8) is 0 Å². The number of nitrogens with zero attached hydrogens (tertiary/aromatic N) is 1. The molecule has 4 heteroatoms. The van der Waals surface area contributed by atoms with E-state index in [1.54, 1.807) is 12.1 Å². The number of fused-ring (bicyclic) bond motifs is 1. The van der Waals surface area contributed by atoms with Gasteiger partial charge in [0.05, 0.1) is 13.2 Å². The van der Waals surface area contributed by atoms with E-state index < -0.39 is 0 Å². The molecule has 1 heterocycles. The van der Waals surface area contributed by atoms with Crippen LogP contribution in [0.5, 0.6) is 5.75 Å². The van der Waals surface area contributed by atoms with Crippen LogP contribution >= 0.6 is 11.6 Å². The zero-order valence-electron chi connectivity index (χ0n) is 11.6. The monoisotopic (exact) mass is 303 g/mol. The third kappa shape index (κ3) is 2.88. The standard InChI is InChI=1S/C17H15ClFNO/c1-2-21-15-4-6-17-12(10-15)7-8-20(17)11-13-9-14(18)3-5-16(13)19/h3-10H,2,11H2,1H3. The number of benzene rings is 2. The summed E-state index contributed by atoms with van der Waals surface area (Å²) in [4.78, 5) is 0. The molecule has 0 amide bonds. The van der Waals surface area contributed by atoms with Crippen LogP contribution < -0.4 is 4.74 Å². The quantitative estimate of drug-likeness (QED) is 0.670. The summed E-state index contributed by atoms with van der Waals surface area (Å²) in [5.74, 6) is 0.601. The highest BCUT2D eigenvalue weighted by molar-refractivity contribution is 6.30. The van der Waals surface area contributed by atoms with Gasteiger partial charge < -0.3 is 9.30 Å². The summed E-state index contributed by atoms with van der Waals surface area (Å²) in [6.07, 6.45) is 1.95. The minimum atomic E-state index is -0.243. The lowest BCUT2D eigenvalue weighted by Gasteiger charge is -2.08. The minimum absolute atomic E-state index is 0.243. The highest BCUT2D eigenvalue weighted by Gasteiger charge is 2.07. The molecule has 0 saturated carbocycles. The van der Waals surface area contributed by atoms with E-state index in [-0.39, 0.29) is 5.82 Å². The van der Waals surface area contributed by atoms with Crippen LogP contribution in [0.4, 0.5) is 4.39 Å². The molecule has 0 aliphatic heterocycles. The lowest BCUT2D eigenvalue weighted by atomic mass is 10.2. The Morgan fingerprint density at radius 1 is 1.14 bits per heavy atom. The Morgan fingerprint density at radius 3 is 2.81 bits per heavy atom. The first-order valence-corrected chi connectivity index (χ1v) is 7.21. The Balaban J connectivity index is 1.96. The van der Waals surface area contributed by atoms with Gasteiger partial charge in [0.2, 0.25) is 0 Å². The average molecular weight is 304 g/mol. The lowest BCUT2D eigenvalue weighted by Crippen LogP contribution is -2.00. The molecular formula is C17H15ClFNO. The Bertz CT molecular complexity index is 782. The van der Waals surface area contributed by atoms with Gasteiger partial charge >= 0.3 is 0 Å². The fourth-order valence-corrected chi connectivity index (χ4v) is 2.62. The largest absolute Gasteiger partial charge is 0.494 e. The molecule has 2 nitrogen and oxygen atoms in total. The Hall–Kier alpha value is -2.00. The Kier molecular flexibility index (Phi) is 3.84. The van der Waals surface area contributed by atoms with Gasteiger partial charge in [-0.1, -0.05) is 11.6 Å². The van der Waals surface area contributed by atoms with E-state index in [0.29, 0.717) is 23.7 Å². The predicted molar refractivity (Wildman–Crippen MR) is 83.6 cm³/mol. The summed E-state index contributed by atoms with van der Waals surface area (Å²) in [6, 6.07) is 12.5.